The van der Waals surface area contributed by atoms with Crippen LogP contribution in [0.1, 0.15) is 10.5 Å². The molecule has 0 aliphatic carbocycles. The van der Waals surface area contributed by atoms with Gasteiger partial charge in [-0.05, 0) is 12.1 Å². The second kappa shape index (κ2) is 6.11. The summed E-state index contributed by atoms with van der Waals surface area (Å²) in [5.41, 5.74) is 0.289. The monoisotopic (exact) mass is 291 g/mol. The minimum absolute atomic E-state index is 0.139. The van der Waals surface area contributed by atoms with Crippen LogP contribution in [0.15, 0.2) is 33.4 Å². The second-order valence-corrected chi connectivity index (χ2v) is 4.91. The average Bonchev–Trinajstić information content (AvgIpc) is 3.19. The van der Waals surface area contributed by atoms with Gasteiger partial charge in [-0.15, -0.1) is 0 Å². The lowest BCUT2D eigenvalue weighted by molar-refractivity contribution is 0.0605. The smallest absolute Gasteiger partial charge is 0.276 e. The number of aliphatic hydroxyl groups excluding tert-OH is 1. The van der Waals surface area contributed by atoms with Crippen LogP contribution < -0.4 is 0 Å². The van der Waals surface area contributed by atoms with Gasteiger partial charge in [-0.2, -0.15) is 0 Å². The van der Waals surface area contributed by atoms with E-state index in [0.29, 0.717) is 31.2 Å². The number of rotatable bonds is 4. The lowest BCUT2D eigenvalue weighted by atomic mass is 10.2. The summed E-state index contributed by atoms with van der Waals surface area (Å²) in [6.45, 7) is 3.56. The maximum absolute atomic E-state index is 12.4. The Balaban J connectivity index is 1.64. The summed E-state index contributed by atoms with van der Waals surface area (Å²) in [5, 5.41) is 12.7. The molecule has 112 valence electrons. The standard InChI is InChI=1S/C14H17N3O4/c18-8-7-16-3-5-17(6-4-16)14(19)11-10-13(21-15-11)12-2-1-9-20-12/h1-2,9-10,18H,3-8H2. The molecule has 0 saturated carbocycles. The highest BCUT2D eigenvalue weighted by atomic mass is 16.5. The van der Waals surface area contributed by atoms with Gasteiger partial charge in [0.25, 0.3) is 5.91 Å². The van der Waals surface area contributed by atoms with Crippen molar-refractivity contribution in [3.63, 3.8) is 0 Å². The Kier molecular flexibility index (Phi) is 4.03. The average molecular weight is 291 g/mol. The molecule has 3 heterocycles. The number of nitrogens with zero attached hydrogens (tertiary/aromatic N) is 3. The van der Waals surface area contributed by atoms with Gasteiger partial charge in [-0.1, -0.05) is 5.16 Å². The molecule has 1 aliphatic heterocycles. The fourth-order valence-corrected chi connectivity index (χ4v) is 2.39. The zero-order valence-corrected chi connectivity index (χ0v) is 11.6. The normalized spacial score (nSPS) is 16.3. The Morgan fingerprint density at radius 1 is 1.29 bits per heavy atom. The molecule has 0 unspecified atom stereocenters. The molecule has 2 aromatic rings. The molecule has 1 saturated heterocycles. The fourth-order valence-electron chi connectivity index (χ4n) is 2.39. The third-order valence-electron chi connectivity index (χ3n) is 3.57. The van der Waals surface area contributed by atoms with Crippen LogP contribution in [0.25, 0.3) is 11.5 Å². The predicted octanol–water partition coefficient (Wildman–Crippen LogP) is 0.685. The van der Waals surface area contributed by atoms with Crippen LogP contribution in [0.5, 0.6) is 0 Å². The van der Waals surface area contributed by atoms with Crippen LogP contribution in [-0.2, 0) is 0 Å². The van der Waals surface area contributed by atoms with Gasteiger partial charge in [0.2, 0.25) is 5.76 Å². The molecule has 1 N–H and O–H groups in total. The zero-order chi connectivity index (χ0) is 14.7. The van der Waals surface area contributed by atoms with E-state index in [1.54, 1.807) is 29.4 Å². The topological polar surface area (TPSA) is 83.0 Å². The lowest BCUT2D eigenvalue weighted by Gasteiger charge is -2.33. The van der Waals surface area contributed by atoms with Crippen molar-refractivity contribution in [3.05, 3.63) is 30.2 Å². The van der Waals surface area contributed by atoms with Crippen LogP contribution in [0.3, 0.4) is 0 Å². The van der Waals surface area contributed by atoms with Crippen molar-refractivity contribution in [1.82, 2.24) is 15.0 Å². The van der Waals surface area contributed by atoms with Crippen molar-refractivity contribution < 1.29 is 18.8 Å². The molecule has 2 aromatic heterocycles. The molecule has 0 spiro atoms. The number of carbonyl (C=O) groups excluding carboxylic acids is 1. The third kappa shape index (κ3) is 2.98. The highest BCUT2D eigenvalue weighted by Gasteiger charge is 2.24. The van der Waals surface area contributed by atoms with Crippen molar-refractivity contribution in [2.75, 3.05) is 39.3 Å². The number of β-amino-alcohol motifs (C(OH)–C–C–N with tert-alkyl or cyclic N) is 1. The van der Waals surface area contributed by atoms with E-state index in [9.17, 15) is 4.79 Å². The molecule has 7 nitrogen and oxygen atoms in total. The maximum atomic E-state index is 12.4. The Hall–Kier alpha value is -2.12. The Labute approximate surface area is 121 Å². The van der Waals surface area contributed by atoms with Gasteiger partial charge in [0.1, 0.15) is 0 Å². The molecular weight excluding hydrogens is 274 g/mol. The number of aromatic nitrogens is 1. The third-order valence-corrected chi connectivity index (χ3v) is 3.57. The van der Waals surface area contributed by atoms with E-state index in [2.05, 4.69) is 10.1 Å². The Bertz CT molecular complexity index is 585. The molecule has 1 aliphatic rings. The van der Waals surface area contributed by atoms with Crippen LogP contribution in [0.2, 0.25) is 0 Å². The number of furan rings is 1. The summed E-state index contributed by atoms with van der Waals surface area (Å²) < 4.78 is 10.4. The molecular formula is C14H17N3O4. The number of hydrogen-bond acceptors (Lipinski definition) is 6. The molecule has 1 amide bonds. The first-order chi connectivity index (χ1) is 10.3. The van der Waals surface area contributed by atoms with E-state index in [-0.39, 0.29) is 18.2 Å². The molecule has 0 bridgehead atoms. The number of aliphatic hydroxyl groups is 1. The largest absolute Gasteiger partial charge is 0.461 e. The van der Waals surface area contributed by atoms with Crippen LogP contribution in [0, 0.1) is 0 Å². The highest BCUT2D eigenvalue weighted by Crippen LogP contribution is 2.21. The summed E-state index contributed by atoms with van der Waals surface area (Å²) in [7, 11) is 0. The summed E-state index contributed by atoms with van der Waals surface area (Å²) in [6, 6.07) is 5.10. The maximum Gasteiger partial charge on any atom is 0.276 e. The van der Waals surface area contributed by atoms with E-state index in [0.717, 1.165) is 13.1 Å². The first kappa shape index (κ1) is 13.8. The summed E-state index contributed by atoms with van der Waals surface area (Å²) in [6.07, 6.45) is 1.54. The molecule has 0 aromatic carbocycles. The minimum Gasteiger partial charge on any atom is -0.461 e. The molecule has 7 heteroatoms. The zero-order valence-electron chi connectivity index (χ0n) is 11.6. The van der Waals surface area contributed by atoms with Crippen molar-refractivity contribution in [2.24, 2.45) is 0 Å². The predicted molar refractivity (Wildman–Crippen MR) is 73.6 cm³/mol. The second-order valence-electron chi connectivity index (χ2n) is 4.91. The van der Waals surface area contributed by atoms with Gasteiger partial charge >= 0.3 is 0 Å². The molecule has 0 radical (unpaired) electrons. The van der Waals surface area contributed by atoms with Crippen molar-refractivity contribution >= 4 is 5.91 Å². The number of piperazine rings is 1. The SMILES string of the molecule is O=C(c1cc(-c2ccco2)on1)N1CCN(CCO)CC1. The van der Waals surface area contributed by atoms with E-state index in [1.807, 2.05) is 0 Å². The van der Waals surface area contributed by atoms with Crippen molar-refractivity contribution in [3.8, 4) is 11.5 Å². The van der Waals surface area contributed by atoms with Crippen molar-refractivity contribution in [2.45, 2.75) is 0 Å². The van der Waals surface area contributed by atoms with Gasteiger partial charge in [0, 0.05) is 38.8 Å². The molecule has 3 rings (SSSR count). The Morgan fingerprint density at radius 3 is 2.76 bits per heavy atom. The lowest BCUT2D eigenvalue weighted by Crippen LogP contribution is -2.49. The van der Waals surface area contributed by atoms with Gasteiger partial charge in [-0.3, -0.25) is 9.69 Å². The first-order valence-corrected chi connectivity index (χ1v) is 6.91. The van der Waals surface area contributed by atoms with E-state index >= 15 is 0 Å². The van der Waals surface area contributed by atoms with Crippen LogP contribution >= 0.6 is 0 Å². The van der Waals surface area contributed by atoms with E-state index in [4.69, 9.17) is 14.0 Å². The van der Waals surface area contributed by atoms with Gasteiger partial charge in [-0.25, -0.2) is 0 Å². The quantitative estimate of drug-likeness (QED) is 0.892. The van der Waals surface area contributed by atoms with E-state index in [1.165, 1.54) is 0 Å². The van der Waals surface area contributed by atoms with Crippen LogP contribution in [-0.4, -0.2) is 65.3 Å². The fraction of sp³-hybridized carbons (Fsp3) is 0.429. The first-order valence-electron chi connectivity index (χ1n) is 6.91. The summed E-state index contributed by atoms with van der Waals surface area (Å²) >= 11 is 0. The van der Waals surface area contributed by atoms with Gasteiger partial charge in [0.15, 0.2) is 11.5 Å². The number of hydrogen-bond donors (Lipinski definition) is 1. The molecule has 0 atom stereocenters. The summed E-state index contributed by atoms with van der Waals surface area (Å²) in [4.78, 5) is 16.2. The minimum atomic E-state index is -0.139. The van der Waals surface area contributed by atoms with Crippen LogP contribution in [0.4, 0.5) is 0 Å². The number of amides is 1. The number of carbonyl (C=O) groups is 1. The molecule has 1 fully saturated rings. The van der Waals surface area contributed by atoms with Gasteiger partial charge < -0.3 is 18.9 Å². The summed E-state index contributed by atoms with van der Waals surface area (Å²) in [5.74, 6) is 0.858. The van der Waals surface area contributed by atoms with Gasteiger partial charge in [0.05, 0.1) is 12.9 Å². The highest BCUT2D eigenvalue weighted by molar-refractivity contribution is 5.93. The Morgan fingerprint density at radius 2 is 2.10 bits per heavy atom. The van der Waals surface area contributed by atoms with Crippen molar-refractivity contribution in [1.29, 1.82) is 0 Å². The molecule has 21 heavy (non-hydrogen) atoms. The van der Waals surface area contributed by atoms with E-state index < -0.39 is 0 Å².